The third-order valence-electron chi connectivity index (χ3n) is 2.37. The number of nitrogens with one attached hydrogen (secondary N) is 2. The molecule has 1 amide bonds. The Morgan fingerprint density at radius 2 is 2.06 bits per heavy atom. The molecule has 1 aliphatic rings. The fourth-order valence-electron chi connectivity index (χ4n) is 1.56. The van der Waals surface area contributed by atoms with Crippen molar-refractivity contribution >= 4 is 17.8 Å². The standard InChI is InChI=1S/C9H14N2O5/c12-7(13)4-6(9(15)16)11-8(14)5-2-1-3-10-5/h5-6,10H,1-4H2,(H,11,14)(H,12,13)(H,15,16)/t5-,6+/m1/s1. The largest absolute Gasteiger partial charge is 0.481 e. The molecule has 0 radical (unpaired) electrons. The number of carbonyl (C=O) groups excluding carboxylic acids is 1. The number of rotatable bonds is 5. The first-order chi connectivity index (χ1) is 7.50. The lowest BCUT2D eigenvalue weighted by Gasteiger charge is -2.15. The second-order valence-electron chi connectivity index (χ2n) is 3.65. The zero-order valence-corrected chi connectivity index (χ0v) is 8.60. The van der Waals surface area contributed by atoms with Gasteiger partial charge < -0.3 is 20.8 Å². The number of aliphatic carboxylic acids is 2. The van der Waals surface area contributed by atoms with Crippen molar-refractivity contribution < 1.29 is 24.6 Å². The van der Waals surface area contributed by atoms with Crippen molar-refractivity contribution in [1.82, 2.24) is 10.6 Å². The van der Waals surface area contributed by atoms with E-state index < -0.39 is 36.4 Å². The summed E-state index contributed by atoms with van der Waals surface area (Å²) >= 11 is 0. The number of hydrogen-bond acceptors (Lipinski definition) is 4. The highest BCUT2D eigenvalue weighted by atomic mass is 16.4. The first-order valence-corrected chi connectivity index (χ1v) is 4.99. The predicted molar refractivity (Wildman–Crippen MR) is 52.8 cm³/mol. The Morgan fingerprint density at radius 1 is 1.38 bits per heavy atom. The number of carboxylic acids is 2. The van der Waals surface area contributed by atoms with Gasteiger partial charge in [0.15, 0.2) is 0 Å². The number of carboxylic acid groups (broad SMARTS) is 2. The number of hydrogen-bond donors (Lipinski definition) is 4. The van der Waals surface area contributed by atoms with Gasteiger partial charge in [-0.2, -0.15) is 0 Å². The first-order valence-electron chi connectivity index (χ1n) is 4.99. The zero-order chi connectivity index (χ0) is 12.1. The molecule has 0 aromatic rings. The fourth-order valence-corrected chi connectivity index (χ4v) is 1.56. The van der Waals surface area contributed by atoms with Gasteiger partial charge >= 0.3 is 11.9 Å². The van der Waals surface area contributed by atoms with E-state index >= 15 is 0 Å². The summed E-state index contributed by atoms with van der Waals surface area (Å²) in [4.78, 5) is 32.6. The molecule has 16 heavy (non-hydrogen) atoms. The molecule has 1 heterocycles. The minimum Gasteiger partial charge on any atom is -0.481 e. The molecule has 0 aromatic heterocycles. The SMILES string of the molecule is O=C(O)C[C@H](NC(=O)[C@H]1CCCN1)C(=O)O. The van der Waals surface area contributed by atoms with Gasteiger partial charge in [0.1, 0.15) is 6.04 Å². The minimum atomic E-state index is -1.37. The summed E-state index contributed by atoms with van der Waals surface area (Å²) in [6.07, 6.45) is 0.883. The van der Waals surface area contributed by atoms with Crippen LogP contribution in [0.1, 0.15) is 19.3 Å². The van der Waals surface area contributed by atoms with Crippen molar-refractivity contribution in [2.75, 3.05) is 6.54 Å². The predicted octanol–water partition coefficient (Wildman–Crippen LogP) is -1.22. The van der Waals surface area contributed by atoms with Gasteiger partial charge in [-0.15, -0.1) is 0 Å². The van der Waals surface area contributed by atoms with E-state index in [4.69, 9.17) is 10.2 Å². The molecule has 0 aliphatic carbocycles. The normalized spacial score (nSPS) is 21.4. The maximum atomic E-state index is 11.5. The van der Waals surface area contributed by atoms with Crippen molar-refractivity contribution in [3.05, 3.63) is 0 Å². The Balaban J connectivity index is 2.50. The van der Waals surface area contributed by atoms with Gasteiger partial charge in [0.25, 0.3) is 0 Å². The van der Waals surface area contributed by atoms with Crippen LogP contribution in [0, 0.1) is 0 Å². The van der Waals surface area contributed by atoms with E-state index in [0.29, 0.717) is 6.42 Å². The fraction of sp³-hybridized carbons (Fsp3) is 0.667. The van der Waals surface area contributed by atoms with Crippen LogP contribution < -0.4 is 10.6 Å². The van der Waals surface area contributed by atoms with Gasteiger partial charge in [0.05, 0.1) is 12.5 Å². The molecule has 1 fully saturated rings. The smallest absolute Gasteiger partial charge is 0.326 e. The summed E-state index contributed by atoms with van der Waals surface area (Å²) in [5.74, 6) is -3.05. The van der Waals surface area contributed by atoms with E-state index in [2.05, 4.69) is 10.6 Å². The molecular formula is C9H14N2O5. The average Bonchev–Trinajstić information content (AvgIpc) is 2.68. The maximum absolute atomic E-state index is 11.5. The van der Waals surface area contributed by atoms with Crippen molar-refractivity contribution in [3.63, 3.8) is 0 Å². The topological polar surface area (TPSA) is 116 Å². The minimum absolute atomic E-state index is 0.407. The molecule has 1 rings (SSSR count). The second-order valence-corrected chi connectivity index (χ2v) is 3.65. The monoisotopic (exact) mass is 230 g/mol. The van der Waals surface area contributed by atoms with Crippen LogP contribution in [-0.4, -0.2) is 46.7 Å². The highest BCUT2D eigenvalue weighted by Gasteiger charge is 2.28. The lowest BCUT2D eigenvalue weighted by molar-refractivity contribution is -0.147. The van der Waals surface area contributed by atoms with Crippen LogP contribution >= 0.6 is 0 Å². The Morgan fingerprint density at radius 3 is 2.50 bits per heavy atom. The summed E-state index contributed by atoms with van der Waals surface area (Å²) in [7, 11) is 0. The molecule has 0 aromatic carbocycles. The lowest BCUT2D eigenvalue weighted by Crippen LogP contribution is -2.48. The maximum Gasteiger partial charge on any atom is 0.326 e. The van der Waals surface area contributed by atoms with Crippen molar-refractivity contribution in [2.45, 2.75) is 31.3 Å². The average molecular weight is 230 g/mol. The van der Waals surface area contributed by atoms with E-state index in [1.807, 2.05) is 0 Å². The van der Waals surface area contributed by atoms with Crippen LogP contribution in [0.4, 0.5) is 0 Å². The Labute approximate surface area is 91.8 Å². The van der Waals surface area contributed by atoms with E-state index in [-0.39, 0.29) is 0 Å². The van der Waals surface area contributed by atoms with Gasteiger partial charge in [-0.1, -0.05) is 0 Å². The third-order valence-corrected chi connectivity index (χ3v) is 2.37. The van der Waals surface area contributed by atoms with Crippen molar-refractivity contribution in [3.8, 4) is 0 Å². The molecule has 1 saturated heterocycles. The van der Waals surface area contributed by atoms with E-state index in [0.717, 1.165) is 13.0 Å². The van der Waals surface area contributed by atoms with Gasteiger partial charge in [-0.25, -0.2) is 4.79 Å². The summed E-state index contributed by atoms with van der Waals surface area (Å²) in [5.41, 5.74) is 0. The van der Waals surface area contributed by atoms with Crippen molar-refractivity contribution in [1.29, 1.82) is 0 Å². The van der Waals surface area contributed by atoms with Crippen molar-refractivity contribution in [2.24, 2.45) is 0 Å². The summed E-state index contributed by atoms with van der Waals surface area (Å²) in [5, 5.41) is 22.3. The molecule has 0 bridgehead atoms. The molecule has 1 aliphatic heterocycles. The first kappa shape index (κ1) is 12.4. The van der Waals surface area contributed by atoms with Crippen LogP contribution in [0.3, 0.4) is 0 Å². The lowest BCUT2D eigenvalue weighted by atomic mass is 10.1. The molecule has 2 atom stereocenters. The summed E-state index contributed by atoms with van der Waals surface area (Å²) < 4.78 is 0. The van der Waals surface area contributed by atoms with Gasteiger partial charge in [0, 0.05) is 0 Å². The summed E-state index contributed by atoms with van der Waals surface area (Å²) in [6, 6.07) is -1.77. The molecule has 0 saturated carbocycles. The molecule has 90 valence electrons. The molecule has 4 N–H and O–H groups in total. The van der Waals surface area contributed by atoms with E-state index in [9.17, 15) is 14.4 Å². The molecular weight excluding hydrogens is 216 g/mol. The van der Waals surface area contributed by atoms with Crippen LogP contribution in [0.2, 0.25) is 0 Å². The van der Waals surface area contributed by atoms with Gasteiger partial charge in [0.2, 0.25) is 5.91 Å². The van der Waals surface area contributed by atoms with Crippen LogP contribution in [0.25, 0.3) is 0 Å². The van der Waals surface area contributed by atoms with E-state index in [1.165, 1.54) is 0 Å². The van der Waals surface area contributed by atoms with E-state index in [1.54, 1.807) is 0 Å². The molecule has 7 nitrogen and oxygen atoms in total. The Kier molecular flexibility index (Phi) is 4.24. The van der Waals surface area contributed by atoms with Crippen LogP contribution in [-0.2, 0) is 14.4 Å². The quantitative estimate of drug-likeness (QED) is 0.470. The van der Waals surface area contributed by atoms with Crippen LogP contribution in [0.5, 0.6) is 0 Å². The highest BCUT2D eigenvalue weighted by Crippen LogP contribution is 2.05. The second kappa shape index (κ2) is 5.45. The van der Waals surface area contributed by atoms with Gasteiger partial charge in [-0.05, 0) is 19.4 Å². The Bertz CT molecular complexity index is 298. The number of amides is 1. The highest BCUT2D eigenvalue weighted by molar-refractivity contribution is 5.89. The third kappa shape index (κ3) is 3.50. The van der Waals surface area contributed by atoms with Crippen LogP contribution in [0.15, 0.2) is 0 Å². The Hall–Kier alpha value is -1.63. The van der Waals surface area contributed by atoms with Gasteiger partial charge in [-0.3, -0.25) is 9.59 Å². The molecule has 0 spiro atoms. The molecule has 7 heteroatoms. The summed E-state index contributed by atoms with van der Waals surface area (Å²) in [6.45, 7) is 0.717. The molecule has 0 unspecified atom stereocenters. The zero-order valence-electron chi connectivity index (χ0n) is 8.60. The number of carbonyl (C=O) groups is 3.